The Hall–Kier alpha value is -1.39. The van der Waals surface area contributed by atoms with Gasteiger partial charge in [0.25, 0.3) is 0 Å². The van der Waals surface area contributed by atoms with Crippen LogP contribution in [0.3, 0.4) is 0 Å². The molecule has 2 saturated heterocycles. The van der Waals surface area contributed by atoms with Crippen LogP contribution in [-0.2, 0) is 11.3 Å². The second-order valence-electron chi connectivity index (χ2n) is 8.13. The molecule has 1 atom stereocenters. The second kappa shape index (κ2) is 7.88. The van der Waals surface area contributed by atoms with E-state index < -0.39 is 0 Å². The van der Waals surface area contributed by atoms with Crippen molar-refractivity contribution < 1.29 is 9.90 Å². The minimum atomic E-state index is 0.162. The van der Waals surface area contributed by atoms with Crippen molar-refractivity contribution >= 4 is 5.91 Å². The van der Waals surface area contributed by atoms with Crippen molar-refractivity contribution in [3.05, 3.63) is 34.9 Å². The van der Waals surface area contributed by atoms with Gasteiger partial charge in [-0.3, -0.25) is 9.69 Å². The van der Waals surface area contributed by atoms with Crippen molar-refractivity contribution in [2.24, 2.45) is 5.41 Å². The summed E-state index contributed by atoms with van der Waals surface area (Å²) in [7, 11) is 0. The minimum absolute atomic E-state index is 0.162. The van der Waals surface area contributed by atoms with Crippen LogP contribution in [0, 0.1) is 19.3 Å². The molecule has 1 N–H and O–H groups in total. The highest BCUT2D eigenvalue weighted by atomic mass is 16.3. The van der Waals surface area contributed by atoms with E-state index in [1.807, 2.05) is 4.90 Å². The number of hydrogen-bond acceptors (Lipinski definition) is 3. The number of piperidine rings is 2. The molecule has 2 aliphatic heterocycles. The zero-order valence-electron chi connectivity index (χ0n) is 15.8. The van der Waals surface area contributed by atoms with Gasteiger partial charge in [-0.15, -0.1) is 0 Å². The maximum atomic E-state index is 12.2. The molecule has 1 aromatic carbocycles. The summed E-state index contributed by atoms with van der Waals surface area (Å²) in [5, 5.41) is 9.09. The third-order valence-corrected chi connectivity index (χ3v) is 6.05. The smallest absolute Gasteiger partial charge is 0.222 e. The first-order valence-electron chi connectivity index (χ1n) is 9.68. The van der Waals surface area contributed by atoms with Crippen molar-refractivity contribution in [2.45, 2.75) is 52.5 Å². The van der Waals surface area contributed by atoms with Gasteiger partial charge in [0, 0.05) is 44.6 Å². The molecule has 2 heterocycles. The molecule has 3 rings (SSSR count). The Kier molecular flexibility index (Phi) is 5.80. The van der Waals surface area contributed by atoms with Crippen molar-refractivity contribution in [1.82, 2.24) is 9.80 Å². The van der Waals surface area contributed by atoms with Gasteiger partial charge in [0.2, 0.25) is 5.91 Å². The van der Waals surface area contributed by atoms with Gasteiger partial charge in [0.1, 0.15) is 0 Å². The Morgan fingerprint density at radius 1 is 1.16 bits per heavy atom. The van der Waals surface area contributed by atoms with Crippen molar-refractivity contribution in [3.63, 3.8) is 0 Å². The summed E-state index contributed by atoms with van der Waals surface area (Å²) in [4.78, 5) is 16.8. The number of likely N-dealkylation sites (tertiary alicyclic amines) is 2. The molecule has 25 heavy (non-hydrogen) atoms. The molecule has 1 amide bonds. The summed E-state index contributed by atoms with van der Waals surface area (Å²) < 4.78 is 0. The van der Waals surface area contributed by atoms with E-state index in [0.717, 1.165) is 32.6 Å². The number of rotatable bonds is 5. The first-order chi connectivity index (χ1) is 12.0. The van der Waals surface area contributed by atoms with Crippen LogP contribution in [0.2, 0.25) is 0 Å². The number of aryl methyl sites for hydroxylation is 2. The minimum Gasteiger partial charge on any atom is -0.396 e. The Morgan fingerprint density at radius 2 is 2.00 bits per heavy atom. The topological polar surface area (TPSA) is 43.8 Å². The molecule has 0 bridgehead atoms. The van der Waals surface area contributed by atoms with Crippen LogP contribution >= 0.6 is 0 Å². The van der Waals surface area contributed by atoms with Gasteiger partial charge in [-0.05, 0) is 62.8 Å². The number of nitrogens with zero attached hydrogens (tertiary/aromatic N) is 2. The highest BCUT2D eigenvalue weighted by Crippen LogP contribution is 2.39. The standard InChI is InChI=1S/C21H32N2O2/c1-17-5-6-19(13-18(17)2)14-22-10-3-8-21(15-22)9-7-20(25)23(16-21)11-4-12-24/h5-6,13,24H,3-4,7-12,14-16H2,1-2H3. The maximum Gasteiger partial charge on any atom is 0.222 e. The molecule has 1 aromatic rings. The average molecular weight is 344 g/mol. The highest BCUT2D eigenvalue weighted by Gasteiger charge is 2.41. The van der Waals surface area contributed by atoms with Crippen molar-refractivity contribution in [2.75, 3.05) is 32.8 Å². The van der Waals surface area contributed by atoms with Gasteiger partial charge in [0.15, 0.2) is 0 Å². The lowest BCUT2D eigenvalue weighted by molar-refractivity contribution is -0.139. The summed E-state index contributed by atoms with van der Waals surface area (Å²) in [6, 6.07) is 6.79. The quantitative estimate of drug-likeness (QED) is 0.893. The predicted octanol–water partition coefficient (Wildman–Crippen LogP) is 2.89. The molecule has 0 aromatic heterocycles. The van der Waals surface area contributed by atoms with Crippen LogP contribution in [0.5, 0.6) is 0 Å². The van der Waals surface area contributed by atoms with E-state index >= 15 is 0 Å². The van der Waals surface area contributed by atoms with E-state index in [2.05, 4.69) is 36.9 Å². The summed E-state index contributed by atoms with van der Waals surface area (Å²) >= 11 is 0. The predicted molar refractivity (Wildman–Crippen MR) is 100 cm³/mol. The molecule has 4 nitrogen and oxygen atoms in total. The summed E-state index contributed by atoms with van der Waals surface area (Å²) in [5.74, 6) is 0.269. The number of hydrogen-bond donors (Lipinski definition) is 1. The number of amides is 1. The summed E-state index contributed by atoms with van der Waals surface area (Å²) in [6.45, 7) is 9.33. The first kappa shape index (κ1) is 18.4. The number of aliphatic hydroxyl groups is 1. The first-order valence-corrected chi connectivity index (χ1v) is 9.68. The number of aliphatic hydroxyl groups excluding tert-OH is 1. The molecular formula is C21H32N2O2. The van der Waals surface area contributed by atoms with E-state index in [1.165, 1.54) is 29.5 Å². The number of carbonyl (C=O) groups is 1. The van der Waals surface area contributed by atoms with Gasteiger partial charge in [-0.25, -0.2) is 0 Å². The Morgan fingerprint density at radius 3 is 2.76 bits per heavy atom. The van der Waals surface area contributed by atoms with Crippen LogP contribution in [0.4, 0.5) is 0 Å². The van der Waals surface area contributed by atoms with Gasteiger partial charge >= 0.3 is 0 Å². The molecule has 0 aliphatic carbocycles. The van der Waals surface area contributed by atoms with Crippen molar-refractivity contribution in [3.8, 4) is 0 Å². The maximum absolute atomic E-state index is 12.2. The van der Waals surface area contributed by atoms with Crippen LogP contribution in [0.25, 0.3) is 0 Å². The van der Waals surface area contributed by atoms with E-state index in [4.69, 9.17) is 5.11 Å². The van der Waals surface area contributed by atoms with Gasteiger partial charge in [-0.1, -0.05) is 18.2 Å². The van der Waals surface area contributed by atoms with Crippen LogP contribution in [-0.4, -0.2) is 53.6 Å². The fourth-order valence-electron chi connectivity index (χ4n) is 4.51. The fraction of sp³-hybridized carbons (Fsp3) is 0.667. The normalized spacial score (nSPS) is 24.9. The molecule has 2 fully saturated rings. The van der Waals surface area contributed by atoms with E-state index in [1.54, 1.807) is 0 Å². The van der Waals surface area contributed by atoms with E-state index in [-0.39, 0.29) is 17.9 Å². The van der Waals surface area contributed by atoms with Crippen molar-refractivity contribution in [1.29, 1.82) is 0 Å². The highest BCUT2D eigenvalue weighted by molar-refractivity contribution is 5.77. The van der Waals surface area contributed by atoms with Crippen LogP contribution in [0.1, 0.15) is 48.8 Å². The molecular weight excluding hydrogens is 312 g/mol. The van der Waals surface area contributed by atoms with E-state index in [9.17, 15) is 4.79 Å². The lowest BCUT2D eigenvalue weighted by Crippen LogP contribution is -2.54. The van der Waals surface area contributed by atoms with E-state index in [0.29, 0.717) is 19.4 Å². The molecule has 2 aliphatic rings. The molecule has 138 valence electrons. The fourth-order valence-corrected chi connectivity index (χ4v) is 4.51. The third-order valence-electron chi connectivity index (χ3n) is 6.05. The zero-order valence-corrected chi connectivity index (χ0v) is 15.8. The Bertz CT molecular complexity index is 616. The largest absolute Gasteiger partial charge is 0.396 e. The van der Waals surface area contributed by atoms with Gasteiger partial charge in [-0.2, -0.15) is 0 Å². The zero-order chi connectivity index (χ0) is 17.9. The molecule has 1 unspecified atom stereocenters. The number of benzene rings is 1. The SMILES string of the molecule is Cc1ccc(CN2CCCC3(CCC(=O)N(CCCO)C3)C2)cc1C. The molecule has 0 radical (unpaired) electrons. The van der Waals surface area contributed by atoms with Crippen LogP contribution < -0.4 is 0 Å². The summed E-state index contributed by atoms with van der Waals surface area (Å²) in [6.07, 6.45) is 4.81. The van der Waals surface area contributed by atoms with Gasteiger partial charge in [0.05, 0.1) is 0 Å². The van der Waals surface area contributed by atoms with Crippen LogP contribution in [0.15, 0.2) is 18.2 Å². The second-order valence-corrected chi connectivity index (χ2v) is 8.13. The average Bonchev–Trinajstić information content (AvgIpc) is 2.59. The molecule has 4 heteroatoms. The number of carbonyl (C=O) groups excluding carboxylic acids is 1. The Labute approximate surface area is 151 Å². The summed E-state index contributed by atoms with van der Waals surface area (Å²) in [5.41, 5.74) is 4.36. The van der Waals surface area contributed by atoms with Gasteiger partial charge < -0.3 is 10.0 Å². The lowest BCUT2D eigenvalue weighted by Gasteiger charge is -2.48. The lowest BCUT2D eigenvalue weighted by atomic mass is 9.73. The Balaban J connectivity index is 1.65. The monoisotopic (exact) mass is 344 g/mol. The molecule has 1 spiro atoms. The third kappa shape index (κ3) is 4.42. The molecule has 0 saturated carbocycles.